The van der Waals surface area contributed by atoms with Gasteiger partial charge in [0, 0.05) is 42.8 Å². The Hall–Kier alpha value is -4.26. The van der Waals surface area contributed by atoms with E-state index in [-0.39, 0.29) is 22.6 Å². The maximum atomic E-state index is 12.7. The van der Waals surface area contributed by atoms with Crippen molar-refractivity contribution in [1.82, 2.24) is 24.9 Å². The normalized spacial score (nSPS) is 13.9. The fraction of sp³-hybridized carbons (Fsp3) is 0.227. The number of anilines is 3. The SMILES string of the molecule is Cc1noc(NS(=O)(=O)c2ccc(NC(=O)C3CN(c4cc(-n5cccn5)ncn4)C3)cc2)c1C. The summed E-state index contributed by atoms with van der Waals surface area (Å²) in [5.41, 5.74) is 1.72. The number of sulfonamides is 1. The quantitative estimate of drug-likeness (QED) is 0.394. The van der Waals surface area contributed by atoms with Crippen LogP contribution in [0.25, 0.3) is 5.82 Å². The summed E-state index contributed by atoms with van der Waals surface area (Å²) in [5, 5.41) is 10.7. The van der Waals surface area contributed by atoms with E-state index < -0.39 is 10.0 Å². The smallest absolute Gasteiger partial charge is 0.264 e. The van der Waals surface area contributed by atoms with Crippen molar-refractivity contribution in [3.8, 4) is 5.82 Å². The number of carbonyl (C=O) groups is 1. The Bertz CT molecular complexity index is 1460. The number of aryl methyl sites for hydroxylation is 1. The van der Waals surface area contributed by atoms with Gasteiger partial charge in [0.1, 0.15) is 12.1 Å². The van der Waals surface area contributed by atoms with Crippen LogP contribution in [0, 0.1) is 19.8 Å². The highest BCUT2D eigenvalue weighted by Gasteiger charge is 2.34. The van der Waals surface area contributed by atoms with E-state index in [1.54, 1.807) is 43.1 Å². The van der Waals surface area contributed by atoms with Gasteiger partial charge in [0.15, 0.2) is 5.82 Å². The second-order valence-electron chi connectivity index (χ2n) is 8.13. The molecule has 1 fully saturated rings. The van der Waals surface area contributed by atoms with Gasteiger partial charge in [-0.25, -0.2) is 27.8 Å². The first-order chi connectivity index (χ1) is 16.8. The third-order valence-electron chi connectivity index (χ3n) is 5.77. The zero-order chi connectivity index (χ0) is 24.6. The molecule has 0 spiro atoms. The van der Waals surface area contributed by atoms with E-state index in [4.69, 9.17) is 4.52 Å². The molecule has 180 valence electrons. The van der Waals surface area contributed by atoms with Crippen molar-refractivity contribution in [3.05, 3.63) is 66.4 Å². The van der Waals surface area contributed by atoms with Crippen molar-refractivity contribution in [1.29, 1.82) is 0 Å². The monoisotopic (exact) mass is 494 g/mol. The summed E-state index contributed by atoms with van der Waals surface area (Å²) >= 11 is 0. The number of nitrogens with one attached hydrogen (secondary N) is 2. The van der Waals surface area contributed by atoms with Crippen LogP contribution in [0.4, 0.5) is 17.4 Å². The highest BCUT2D eigenvalue weighted by molar-refractivity contribution is 7.92. The molecule has 2 N–H and O–H groups in total. The minimum Gasteiger partial charge on any atom is -0.355 e. The molecule has 4 heterocycles. The van der Waals surface area contributed by atoms with E-state index in [1.807, 2.05) is 17.0 Å². The third kappa shape index (κ3) is 4.57. The molecule has 5 rings (SSSR count). The van der Waals surface area contributed by atoms with E-state index in [1.165, 1.54) is 18.5 Å². The first-order valence-electron chi connectivity index (χ1n) is 10.7. The van der Waals surface area contributed by atoms with Crippen molar-refractivity contribution in [2.75, 3.05) is 28.0 Å². The molecule has 0 unspecified atom stereocenters. The van der Waals surface area contributed by atoms with Crippen LogP contribution >= 0.6 is 0 Å². The average molecular weight is 495 g/mol. The van der Waals surface area contributed by atoms with Crippen molar-refractivity contribution in [3.63, 3.8) is 0 Å². The van der Waals surface area contributed by atoms with Gasteiger partial charge in [-0.2, -0.15) is 5.10 Å². The second kappa shape index (κ2) is 8.83. The molecule has 0 bridgehead atoms. The molecule has 1 saturated heterocycles. The lowest BCUT2D eigenvalue weighted by atomic mass is 9.99. The number of aromatic nitrogens is 5. The number of rotatable bonds is 7. The standard InChI is InChI=1S/C22H22N8O4S/c1-14-15(2)27-34-22(14)28-35(32,33)18-6-4-17(5-7-18)26-21(31)16-11-29(12-16)19-10-20(24-13-23-19)30-9-3-8-25-30/h3-10,13,16,28H,11-12H2,1-2H3,(H,26,31). The van der Waals surface area contributed by atoms with Gasteiger partial charge in [0.2, 0.25) is 11.8 Å². The average Bonchev–Trinajstić information content (AvgIpc) is 3.45. The Morgan fingerprint density at radius 1 is 1.11 bits per heavy atom. The maximum Gasteiger partial charge on any atom is 0.264 e. The fourth-order valence-corrected chi connectivity index (χ4v) is 4.57. The summed E-state index contributed by atoms with van der Waals surface area (Å²) in [6, 6.07) is 9.55. The predicted octanol–water partition coefficient (Wildman–Crippen LogP) is 2.14. The van der Waals surface area contributed by atoms with Gasteiger partial charge >= 0.3 is 0 Å². The van der Waals surface area contributed by atoms with Gasteiger partial charge in [-0.05, 0) is 44.2 Å². The number of amides is 1. The van der Waals surface area contributed by atoms with Crippen LogP contribution in [0.1, 0.15) is 11.3 Å². The molecule has 0 aliphatic carbocycles. The minimum absolute atomic E-state index is 0.0375. The van der Waals surface area contributed by atoms with Gasteiger partial charge in [-0.15, -0.1) is 0 Å². The zero-order valence-electron chi connectivity index (χ0n) is 18.9. The van der Waals surface area contributed by atoms with E-state index in [0.717, 1.165) is 0 Å². The van der Waals surface area contributed by atoms with Crippen molar-refractivity contribution < 1.29 is 17.7 Å². The van der Waals surface area contributed by atoms with Crippen LogP contribution in [0.3, 0.4) is 0 Å². The molecule has 1 aliphatic heterocycles. The van der Waals surface area contributed by atoms with Gasteiger partial charge < -0.3 is 14.7 Å². The Labute approximate surface area is 201 Å². The summed E-state index contributed by atoms with van der Waals surface area (Å²) in [5.74, 6) is 1.07. The molecular weight excluding hydrogens is 472 g/mol. The zero-order valence-corrected chi connectivity index (χ0v) is 19.7. The number of carbonyl (C=O) groups excluding carboxylic acids is 1. The summed E-state index contributed by atoms with van der Waals surface area (Å²) in [7, 11) is -3.86. The molecule has 0 radical (unpaired) electrons. The lowest BCUT2D eigenvalue weighted by molar-refractivity contribution is -0.120. The van der Waals surface area contributed by atoms with Crippen LogP contribution in [0.5, 0.6) is 0 Å². The first kappa shape index (κ1) is 22.5. The van der Waals surface area contributed by atoms with Crippen LogP contribution in [-0.2, 0) is 14.8 Å². The van der Waals surface area contributed by atoms with Crippen LogP contribution in [-0.4, -0.2) is 52.3 Å². The number of benzene rings is 1. The number of hydrogen-bond donors (Lipinski definition) is 2. The van der Waals surface area contributed by atoms with Gasteiger partial charge in [-0.1, -0.05) is 5.16 Å². The molecule has 0 atom stereocenters. The molecule has 3 aromatic heterocycles. The molecule has 4 aromatic rings. The Kier molecular flexibility index (Phi) is 5.68. The van der Waals surface area contributed by atoms with Gasteiger partial charge in [0.05, 0.1) is 16.5 Å². The van der Waals surface area contributed by atoms with Gasteiger partial charge in [-0.3, -0.25) is 4.79 Å². The maximum absolute atomic E-state index is 12.7. The van der Waals surface area contributed by atoms with Crippen molar-refractivity contribution in [2.45, 2.75) is 18.7 Å². The number of nitrogens with zero attached hydrogens (tertiary/aromatic N) is 6. The van der Waals surface area contributed by atoms with Crippen LogP contribution < -0.4 is 14.9 Å². The summed E-state index contributed by atoms with van der Waals surface area (Å²) < 4.78 is 34.3. The third-order valence-corrected chi connectivity index (χ3v) is 7.12. The highest BCUT2D eigenvalue weighted by Crippen LogP contribution is 2.26. The van der Waals surface area contributed by atoms with E-state index in [0.29, 0.717) is 41.7 Å². The first-order valence-corrected chi connectivity index (χ1v) is 12.2. The molecule has 1 amide bonds. The molecule has 12 nitrogen and oxygen atoms in total. The van der Waals surface area contributed by atoms with E-state index in [9.17, 15) is 13.2 Å². The van der Waals surface area contributed by atoms with Crippen LogP contribution in [0.2, 0.25) is 0 Å². The lowest BCUT2D eigenvalue weighted by Gasteiger charge is -2.39. The Balaban J connectivity index is 1.18. The lowest BCUT2D eigenvalue weighted by Crippen LogP contribution is -2.52. The topological polar surface area (TPSA) is 148 Å². The Morgan fingerprint density at radius 3 is 2.51 bits per heavy atom. The van der Waals surface area contributed by atoms with Crippen LogP contribution in [0.15, 0.2) is 64.5 Å². The highest BCUT2D eigenvalue weighted by atomic mass is 32.2. The van der Waals surface area contributed by atoms with E-state index in [2.05, 4.69) is 30.3 Å². The Morgan fingerprint density at radius 2 is 1.86 bits per heavy atom. The number of hydrogen-bond acceptors (Lipinski definition) is 9. The minimum atomic E-state index is -3.86. The largest absolute Gasteiger partial charge is 0.355 e. The summed E-state index contributed by atoms with van der Waals surface area (Å²) in [6.45, 7) is 4.45. The molecule has 13 heteroatoms. The van der Waals surface area contributed by atoms with Crippen molar-refractivity contribution in [2.24, 2.45) is 5.92 Å². The molecule has 1 aromatic carbocycles. The molecule has 1 aliphatic rings. The van der Waals surface area contributed by atoms with Crippen molar-refractivity contribution >= 4 is 33.3 Å². The molecule has 35 heavy (non-hydrogen) atoms. The summed E-state index contributed by atoms with van der Waals surface area (Å²) in [6.07, 6.45) is 4.93. The van der Waals surface area contributed by atoms with E-state index >= 15 is 0 Å². The summed E-state index contributed by atoms with van der Waals surface area (Å²) in [4.78, 5) is 23.2. The fourth-order valence-electron chi connectivity index (χ4n) is 3.52. The molecular formula is C22H22N8O4S. The predicted molar refractivity (Wildman–Crippen MR) is 127 cm³/mol. The molecule has 0 saturated carbocycles. The second-order valence-corrected chi connectivity index (χ2v) is 9.81. The van der Waals surface area contributed by atoms with Gasteiger partial charge in [0.25, 0.3) is 10.0 Å².